The summed E-state index contributed by atoms with van der Waals surface area (Å²) in [6.45, 7) is 3.48. The maximum Gasteiger partial charge on any atom is 0.137 e. The largest absolute Gasteiger partial charge is 0.463 e. The van der Waals surface area contributed by atoms with E-state index in [4.69, 9.17) is 4.42 Å². The van der Waals surface area contributed by atoms with Gasteiger partial charge < -0.3 is 9.52 Å². The average molecular weight is 220 g/mol. The lowest BCUT2D eigenvalue weighted by Crippen LogP contribution is -1.99. The Hall–Kier alpha value is -1.61. The second-order valence-electron chi connectivity index (χ2n) is 3.86. The smallest absolute Gasteiger partial charge is 0.137 e. The van der Waals surface area contributed by atoms with Gasteiger partial charge in [-0.05, 0) is 43.2 Å². The first-order valence-corrected chi connectivity index (χ1v) is 5.08. The lowest BCUT2D eigenvalue weighted by atomic mass is 10.0. The molecule has 0 spiro atoms. The lowest BCUT2D eigenvalue weighted by molar-refractivity contribution is 0.187. The van der Waals surface area contributed by atoms with E-state index in [2.05, 4.69) is 0 Å². The fraction of sp³-hybridized carbons (Fsp3) is 0.231. The van der Waals surface area contributed by atoms with Crippen molar-refractivity contribution in [3.8, 4) is 0 Å². The third-order valence-corrected chi connectivity index (χ3v) is 2.53. The van der Waals surface area contributed by atoms with Crippen LogP contribution in [0.2, 0.25) is 0 Å². The van der Waals surface area contributed by atoms with Gasteiger partial charge in [-0.2, -0.15) is 0 Å². The number of benzene rings is 1. The quantitative estimate of drug-likeness (QED) is 0.843. The van der Waals surface area contributed by atoms with Crippen LogP contribution in [0.1, 0.15) is 28.8 Å². The standard InChI is InChI=1S/C13H13FO2/c1-8-7-10(4-5-11(8)14)13(15)12-6-3-9(2)16-12/h3-7,13,15H,1-2H3. The molecule has 1 N–H and O–H groups in total. The van der Waals surface area contributed by atoms with Crippen molar-refractivity contribution in [2.75, 3.05) is 0 Å². The zero-order chi connectivity index (χ0) is 11.7. The van der Waals surface area contributed by atoms with Gasteiger partial charge in [0.2, 0.25) is 0 Å². The van der Waals surface area contributed by atoms with Crippen molar-refractivity contribution in [1.29, 1.82) is 0 Å². The van der Waals surface area contributed by atoms with Gasteiger partial charge in [-0.25, -0.2) is 4.39 Å². The molecule has 2 rings (SSSR count). The first-order chi connectivity index (χ1) is 7.58. The molecule has 2 nitrogen and oxygen atoms in total. The monoisotopic (exact) mass is 220 g/mol. The topological polar surface area (TPSA) is 33.4 Å². The summed E-state index contributed by atoms with van der Waals surface area (Å²) < 4.78 is 18.4. The molecule has 0 saturated heterocycles. The van der Waals surface area contributed by atoms with Crippen LogP contribution in [0.4, 0.5) is 4.39 Å². The number of hydrogen-bond donors (Lipinski definition) is 1. The molecular weight excluding hydrogens is 207 g/mol. The highest BCUT2D eigenvalue weighted by Crippen LogP contribution is 2.24. The fourth-order valence-corrected chi connectivity index (χ4v) is 1.60. The molecule has 84 valence electrons. The maximum atomic E-state index is 13.1. The second kappa shape index (κ2) is 4.10. The number of aliphatic hydroxyl groups is 1. The van der Waals surface area contributed by atoms with Crippen LogP contribution >= 0.6 is 0 Å². The third-order valence-electron chi connectivity index (χ3n) is 2.53. The van der Waals surface area contributed by atoms with Crippen LogP contribution in [-0.2, 0) is 0 Å². The van der Waals surface area contributed by atoms with Gasteiger partial charge in [0, 0.05) is 0 Å². The molecule has 0 saturated carbocycles. The molecule has 1 aromatic heterocycles. The Labute approximate surface area is 93.3 Å². The molecule has 2 aromatic rings. The first-order valence-electron chi connectivity index (χ1n) is 5.08. The molecular formula is C13H13FO2. The van der Waals surface area contributed by atoms with Crippen molar-refractivity contribution in [3.63, 3.8) is 0 Å². The summed E-state index contributed by atoms with van der Waals surface area (Å²) in [6, 6.07) is 8.04. The number of hydrogen-bond acceptors (Lipinski definition) is 2. The Morgan fingerprint density at radius 1 is 1.19 bits per heavy atom. The van der Waals surface area contributed by atoms with E-state index >= 15 is 0 Å². The minimum absolute atomic E-state index is 0.272. The van der Waals surface area contributed by atoms with Gasteiger partial charge in [0.25, 0.3) is 0 Å². The molecule has 3 heteroatoms. The predicted molar refractivity (Wildman–Crippen MR) is 58.6 cm³/mol. The summed E-state index contributed by atoms with van der Waals surface area (Å²) in [5.41, 5.74) is 1.15. The highest BCUT2D eigenvalue weighted by Gasteiger charge is 2.14. The predicted octanol–water partition coefficient (Wildman–Crippen LogP) is 3.12. The number of furan rings is 1. The maximum absolute atomic E-state index is 13.1. The molecule has 0 fully saturated rings. The summed E-state index contributed by atoms with van der Waals surface area (Å²) in [7, 11) is 0. The zero-order valence-corrected chi connectivity index (χ0v) is 9.20. The van der Waals surface area contributed by atoms with E-state index in [-0.39, 0.29) is 5.82 Å². The molecule has 1 heterocycles. The second-order valence-corrected chi connectivity index (χ2v) is 3.86. The highest BCUT2D eigenvalue weighted by atomic mass is 19.1. The van der Waals surface area contributed by atoms with Gasteiger partial charge >= 0.3 is 0 Å². The van der Waals surface area contributed by atoms with Crippen LogP contribution in [-0.4, -0.2) is 5.11 Å². The molecule has 0 bridgehead atoms. The van der Waals surface area contributed by atoms with Crippen molar-refractivity contribution < 1.29 is 13.9 Å². The molecule has 0 aliphatic rings. The van der Waals surface area contributed by atoms with E-state index in [0.29, 0.717) is 16.9 Å². The van der Waals surface area contributed by atoms with E-state index < -0.39 is 6.10 Å². The van der Waals surface area contributed by atoms with Crippen LogP contribution in [0.25, 0.3) is 0 Å². The molecule has 16 heavy (non-hydrogen) atoms. The van der Waals surface area contributed by atoms with Crippen molar-refractivity contribution in [3.05, 3.63) is 58.8 Å². The van der Waals surface area contributed by atoms with E-state index in [1.54, 1.807) is 31.2 Å². The molecule has 0 amide bonds. The van der Waals surface area contributed by atoms with Crippen LogP contribution in [0.15, 0.2) is 34.7 Å². The molecule has 0 radical (unpaired) electrons. The van der Waals surface area contributed by atoms with E-state index in [9.17, 15) is 9.50 Å². The van der Waals surface area contributed by atoms with Crippen molar-refractivity contribution in [2.45, 2.75) is 20.0 Å². The average Bonchev–Trinajstić information content (AvgIpc) is 2.68. The van der Waals surface area contributed by atoms with E-state index in [1.165, 1.54) is 6.07 Å². The van der Waals surface area contributed by atoms with Crippen molar-refractivity contribution >= 4 is 0 Å². The zero-order valence-electron chi connectivity index (χ0n) is 9.20. The Kier molecular flexibility index (Phi) is 2.79. The van der Waals surface area contributed by atoms with Gasteiger partial charge in [0.1, 0.15) is 23.4 Å². The van der Waals surface area contributed by atoms with Crippen LogP contribution < -0.4 is 0 Å². The Morgan fingerprint density at radius 3 is 2.50 bits per heavy atom. The summed E-state index contributed by atoms with van der Waals surface area (Å²) in [6.07, 6.45) is -0.840. The van der Waals surface area contributed by atoms with Crippen molar-refractivity contribution in [2.24, 2.45) is 0 Å². The minimum Gasteiger partial charge on any atom is -0.463 e. The minimum atomic E-state index is -0.840. The lowest BCUT2D eigenvalue weighted by Gasteiger charge is -2.09. The molecule has 1 unspecified atom stereocenters. The summed E-state index contributed by atoms with van der Waals surface area (Å²) in [5, 5.41) is 10.0. The van der Waals surface area contributed by atoms with Gasteiger partial charge in [-0.15, -0.1) is 0 Å². The molecule has 0 aliphatic heterocycles. The number of halogens is 1. The van der Waals surface area contributed by atoms with Gasteiger partial charge in [-0.1, -0.05) is 12.1 Å². The van der Waals surface area contributed by atoms with Crippen LogP contribution in [0.3, 0.4) is 0 Å². The summed E-state index contributed by atoms with van der Waals surface area (Å²) >= 11 is 0. The summed E-state index contributed by atoms with van der Waals surface area (Å²) in [4.78, 5) is 0. The number of aliphatic hydroxyl groups excluding tert-OH is 1. The third kappa shape index (κ3) is 1.99. The normalized spacial score (nSPS) is 12.8. The van der Waals surface area contributed by atoms with Gasteiger partial charge in [-0.3, -0.25) is 0 Å². The van der Waals surface area contributed by atoms with Crippen LogP contribution in [0, 0.1) is 19.7 Å². The van der Waals surface area contributed by atoms with E-state index in [1.807, 2.05) is 6.92 Å². The number of rotatable bonds is 2. The van der Waals surface area contributed by atoms with Crippen molar-refractivity contribution in [1.82, 2.24) is 0 Å². The molecule has 1 aromatic carbocycles. The Balaban J connectivity index is 2.33. The molecule has 1 atom stereocenters. The molecule has 0 aliphatic carbocycles. The van der Waals surface area contributed by atoms with Gasteiger partial charge in [0.05, 0.1) is 0 Å². The fourth-order valence-electron chi connectivity index (χ4n) is 1.60. The van der Waals surface area contributed by atoms with Crippen LogP contribution in [0.5, 0.6) is 0 Å². The Morgan fingerprint density at radius 2 is 1.94 bits per heavy atom. The number of aryl methyl sites for hydroxylation is 2. The Bertz CT molecular complexity index is 502. The SMILES string of the molecule is Cc1ccc(C(O)c2ccc(F)c(C)c2)o1. The van der Waals surface area contributed by atoms with E-state index in [0.717, 1.165) is 5.76 Å². The highest BCUT2D eigenvalue weighted by molar-refractivity contribution is 5.29. The first kappa shape index (κ1) is 10.9. The summed E-state index contributed by atoms with van der Waals surface area (Å²) in [5.74, 6) is 0.947. The van der Waals surface area contributed by atoms with Gasteiger partial charge in [0.15, 0.2) is 0 Å².